The maximum atomic E-state index is 12.7. The van der Waals surface area contributed by atoms with Crippen molar-refractivity contribution in [3.63, 3.8) is 0 Å². The Hall–Kier alpha value is -1.69. The van der Waals surface area contributed by atoms with Crippen molar-refractivity contribution < 1.29 is 13.9 Å². The molecule has 128 valence electrons. The van der Waals surface area contributed by atoms with Crippen LogP contribution in [-0.2, 0) is 11.3 Å². The predicted molar refractivity (Wildman–Crippen MR) is 93.6 cm³/mol. The molecule has 5 nitrogen and oxygen atoms in total. The third-order valence-electron chi connectivity index (χ3n) is 3.86. The van der Waals surface area contributed by atoms with Crippen LogP contribution in [0.1, 0.15) is 18.6 Å². The molecule has 2 amide bonds. The first-order valence-electron chi connectivity index (χ1n) is 7.77. The van der Waals surface area contributed by atoms with E-state index in [9.17, 15) is 4.79 Å². The SMILES string of the molecule is O=C(Nc1c(Cl)cccc1Cl)N(Cc1ccco1)CC1CCCO1. The fraction of sp³-hybridized carbons (Fsp3) is 0.353. The molecule has 0 saturated carbocycles. The molecule has 1 atom stereocenters. The first kappa shape index (κ1) is 17.1. The number of benzene rings is 1. The number of furan rings is 1. The van der Waals surface area contributed by atoms with Gasteiger partial charge in [-0.1, -0.05) is 29.3 Å². The second-order valence-electron chi connectivity index (χ2n) is 5.62. The summed E-state index contributed by atoms with van der Waals surface area (Å²) in [4.78, 5) is 14.4. The summed E-state index contributed by atoms with van der Waals surface area (Å²) in [7, 11) is 0. The van der Waals surface area contributed by atoms with E-state index in [4.69, 9.17) is 32.4 Å². The third kappa shape index (κ3) is 4.23. The molecule has 7 heteroatoms. The van der Waals surface area contributed by atoms with Gasteiger partial charge < -0.3 is 19.4 Å². The van der Waals surface area contributed by atoms with Crippen molar-refractivity contribution >= 4 is 34.9 Å². The molecule has 0 radical (unpaired) electrons. The van der Waals surface area contributed by atoms with Crippen LogP contribution in [0.5, 0.6) is 0 Å². The van der Waals surface area contributed by atoms with Crippen LogP contribution in [0.15, 0.2) is 41.0 Å². The number of nitrogens with zero attached hydrogens (tertiary/aromatic N) is 1. The minimum absolute atomic E-state index is 0.0347. The number of carbonyl (C=O) groups is 1. The smallest absolute Gasteiger partial charge is 0.322 e. The second kappa shape index (κ2) is 7.92. The lowest BCUT2D eigenvalue weighted by Crippen LogP contribution is -2.39. The number of para-hydroxylation sites is 1. The van der Waals surface area contributed by atoms with E-state index in [-0.39, 0.29) is 12.1 Å². The lowest BCUT2D eigenvalue weighted by molar-refractivity contribution is 0.0803. The molecule has 1 aliphatic heterocycles. The Balaban J connectivity index is 1.74. The van der Waals surface area contributed by atoms with Crippen LogP contribution in [0, 0.1) is 0 Å². The summed E-state index contributed by atoms with van der Waals surface area (Å²) >= 11 is 12.3. The predicted octanol–water partition coefficient (Wildman–Crippen LogP) is 4.80. The standard InChI is InChI=1S/C17H18Cl2N2O3/c18-14-6-1-7-15(19)16(14)20-17(22)21(10-12-4-2-8-23-12)11-13-5-3-9-24-13/h1-2,4,6-8,13H,3,5,9-11H2,(H,20,22). The van der Waals surface area contributed by atoms with E-state index in [1.54, 1.807) is 35.4 Å². The third-order valence-corrected chi connectivity index (χ3v) is 4.49. The van der Waals surface area contributed by atoms with Gasteiger partial charge in [-0.05, 0) is 37.1 Å². The van der Waals surface area contributed by atoms with Crippen molar-refractivity contribution in [1.82, 2.24) is 4.90 Å². The molecule has 2 heterocycles. The van der Waals surface area contributed by atoms with E-state index in [1.165, 1.54) is 0 Å². The van der Waals surface area contributed by atoms with Crippen LogP contribution >= 0.6 is 23.2 Å². The Labute approximate surface area is 150 Å². The Morgan fingerprint density at radius 3 is 2.67 bits per heavy atom. The molecule has 2 aromatic rings. The van der Waals surface area contributed by atoms with E-state index in [1.807, 2.05) is 6.07 Å². The quantitative estimate of drug-likeness (QED) is 0.824. The topological polar surface area (TPSA) is 54.7 Å². The van der Waals surface area contributed by atoms with Crippen molar-refractivity contribution in [1.29, 1.82) is 0 Å². The molecule has 24 heavy (non-hydrogen) atoms. The first-order valence-corrected chi connectivity index (χ1v) is 8.53. The normalized spacial score (nSPS) is 17.0. The van der Waals surface area contributed by atoms with Crippen molar-refractivity contribution in [3.8, 4) is 0 Å². The molecule has 1 unspecified atom stereocenters. The summed E-state index contributed by atoms with van der Waals surface area (Å²) in [6.45, 7) is 1.56. The molecular weight excluding hydrogens is 351 g/mol. The van der Waals surface area contributed by atoms with Gasteiger partial charge in [-0.3, -0.25) is 0 Å². The van der Waals surface area contributed by atoms with E-state index < -0.39 is 0 Å². The first-order chi connectivity index (χ1) is 11.6. The molecule has 1 N–H and O–H groups in total. The maximum Gasteiger partial charge on any atom is 0.322 e. The molecule has 3 rings (SSSR count). The molecule has 1 aliphatic rings. The highest BCUT2D eigenvalue weighted by molar-refractivity contribution is 6.39. The van der Waals surface area contributed by atoms with Gasteiger partial charge in [-0.2, -0.15) is 0 Å². The Morgan fingerprint density at radius 1 is 1.25 bits per heavy atom. The second-order valence-corrected chi connectivity index (χ2v) is 6.44. The van der Waals surface area contributed by atoms with Crippen LogP contribution in [0.25, 0.3) is 0 Å². The summed E-state index contributed by atoms with van der Waals surface area (Å²) in [5.74, 6) is 0.702. The summed E-state index contributed by atoms with van der Waals surface area (Å²) in [5, 5.41) is 3.58. The fourth-order valence-corrected chi connectivity index (χ4v) is 3.14. The highest BCUT2D eigenvalue weighted by atomic mass is 35.5. The minimum Gasteiger partial charge on any atom is -0.467 e. The number of halogens is 2. The van der Waals surface area contributed by atoms with Gasteiger partial charge in [0.25, 0.3) is 0 Å². The Bertz CT molecular complexity index is 665. The average Bonchev–Trinajstić information content (AvgIpc) is 3.24. The van der Waals surface area contributed by atoms with E-state index in [0.717, 1.165) is 19.4 Å². The van der Waals surface area contributed by atoms with Crippen LogP contribution in [-0.4, -0.2) is 30.2 Å². The average molecular weight is 369 g/mol. The summed E-state index contributed by atoms with van der Waals surface area (Å²) in [6.07, 6.45) is 3.57. The molecular formula is C17H18Cl2N2O3. The molecule has 1 aromatic heterocycles. The van der Waals surface area contributed by atoms with Crippen molar-refractivity contribution in [3.05, 3.63) is 52.4 Å². The number of amides is 2. The van der Waals surface area contributed by atoms with Gasteiger partial charge in [0.05, 0.1) is 34.6 Å². The van der Waals surface area contributed by atoms with Gasteiger partial charge in [0, 0.05) is 13.2 Å². The van der Waals surface area contributed by atoms with Crippen molar-refractivity contribution in [2.24, 2.45) is 0 Å². The van der Waals surface area contributed by atoms with Gasteiger partial charge in [-0.15, -0.1) is 0 Å². The van der Waals surface area contributed by atoms with Crippen LogP contribution < -0.4 is 5.32 Å². The molecule has 0 spiro atoms. The maximum absolute atomic E-state index is 12.7. The monoisotopic (exact) mass is 368 g/mol. The lowest BCUT2D eigenvalue weighted by atomic mass is 10.2. The van der Waals surface area contributed by atoms with Crippen LogP contribution in [0.4, 0.5) is 10.5 Å². The van der Waals surface area contributed by atoms with Gasteiger partial charge in [0.1, 0.15) is 5.76 Å². The van der Waals surface area contributed by atoms with Gasteiger partial charge in [-0.25, -0.2) is 4.79 Å². The van der Waals surface area contributed by atoms with Crippen molar-refractivity contribution in [2.75, 3.05) is 18.5 Å². The summed E-state index contributed by atoms with van der Waals surface area (Å²) < 4.78 is 11.0. The summed E-state index contributed by atoms with van der Waals surface area (Å²) in [5.41, 5.74) is 0.405. The van der Waals surface area contributed by atoms with E-state index >= 15 is 0 Å². The number of carbonyl (C=O) groups excluding carboxylic acids is 1. The van der Waals surface area contributed by atoms with Gasteiger partial charge >= 0.3 is 6.03 Å². The zero-order chi connectivity index (χ0) is 16.9. The zero-order valence-corrected chi connectivity index (χ0v) is 14.5. The van der Waals surface area contributed by atoms with Gasteiger partial charge in [0.15, 0.2) is 0 Å². The van der Waals surface area contributed by atoms with Crippen molar-refractivity contribution in [2.45, 2.75) is 25.5 Å². The van der Waals surface area contributed by atoms with Gasteiger partial charge in [0.2, 0.25) is 0 Å². The Morgan fingerprint density at radius 2 is 2.04 bits per heavy atom. The minimum atomic E-state index is -0.295. The van der Waals surface area contributed by atoms with Crippen LogP contribution in [0.2, 0.25) is 10.0 Å². The number of rotatable bonds is 5. The number of nitrogens with one attached hydrogen (secondary N) is 1. The Kier molecular flexibility index (Phi) is 5.66. The van der Waals surface area contributed by atoms with E-state index in [2.05, 4.69) is 5.32 Å². The number of urea groups is 1. The molecule has 0 bridgehead atoms. The number of ether oxygens (including phenoxy) is 1. The fourth-order valence-electron chi connectivity index (χ4n) is 2.65. The molecule has 0 aliphatic carbocycles. The largest absolute Gasteiger partial charge is 0.467 e. The number of hydrogen-bond acceptors (Lipinski definition) is 3. The number of hydrogen-bond donors (Lipinski definition) is 1. The highest BCUT2D eigenvalue weighted by Crippen LogP contribution is 2.30. The summed E-state index contributed by atoms with van der Waals surface area (Å²) in [6, 6.07) is 8.42. The zero-order valence-electron chi connectivity index (χ0n) is 13.0. The highest BCUT2D eigenvalue weighted by Gasteiger charge is 2.24. The van der Waals surface area contributed by atoms with E-state index in [0.29, 0.717) is 34.6 Å². The molecule has 1 saturated heterocycles. The van der Waals surface area contributed by atoms with Crippen LogP contribution in [0.3, 0.4) is 0 Å². The lowest BCUT2D eigenvalue weighted by Gasteiger charge is -2.25. The number of anilines is 1. The molecule has 1 aromatic carbocycles. The molecule has 1 fully saturated rings.